The second-order valence-corrected chi connectivity index (χ2v) is 21.7. The van der Waals surface area contributed by atoms with Gasteiger partial charge in [-0.2, -0.15) is 5.06 Å². The second kappa shape index (κ2) is 25.4. The van der Waals surface area contributed by atoms with Crippen molar-refractivity contribution in [3.63, 3.8) is 0 Å². The van der Waals surface area contributed by atoms with Crippen LogP contribution >= 0.6 is 0 Å². The lowest BCUT2D eigenvalue weighted by Gasteiger charge is -2.51. The summed E-state index contributed by atoms with van der Waals surface area (Å²) in [6.45, 7) is 21.3. The molecule has 6 amide bonds. The van der Waals surface area contributed by atoms with Crippen LogP contribution in [0.2, 0.25) is 0 Å². The van der Waals surface area contributed by atoms with Crippen molar-refractivity contribution in [1.82, 2.24) is 36.5 Å². The maximum absolute atomic E-state index is 14.6. The molecule has 2 saturated heterocycles. The highest BCUT2D eigenvalue weighted by Gasteiger charge is 2.46. The normalized spacial score (nSPS) is 19.0. The lowest BCUT2D eigenvalue weighted by atomic mass is 9.79. The van der Waals surface area contributed by atoms with Gasteiger partial charge in [-0.15, -0.1) is 0 Å². The fourth-order valence-electron chi connectivity index (χ4n) is 9.30. The Labute approximate surface area is 410 Å². The maximum atomic E-state index is 14.6. The summed E-state index contributed by atoms with van der Waals surface area (Å²) in [6.07, 6.45) is 5.84. The van der Waals surface area contributed by atoms with Crippen LogP contribution in [0.15, 0.2) is 72.8 Å². The number of carbonyl (C=O) groups excluding carboxylic acids is 6. The van der Waals surface area contributed by atoms with Gasteiger partial charge in [0, 0.05) is 30.2 Å². The Morgan fingerprint density at radius 2 is 1.42 bits per heavy atom. The Bertz CT molecular complexity index is 2020. The molecular formula is C53H81N7O9. The zero-order valence-corrected chi connectivity index (χ0v) is 42.9. The van der Waals surface area contributed by atoms with E-state index in [1.165, 1.54) is 5.06 Å². The number of piperidine rings is 1. The van der Waals surface area contributed by atoms with Gasteiger partial charge in [-0.25, -0.2) is 9.59 Å². The first kappa shape index (κ1) is 56.1. The summed E-state index contributed by atoms with van der Waals surface area (Å²) >= 11 is 0. The average molecular weight is 960 g/mol. The molecule has 6 N–H and O–H groups in total. The van der Waals surface area contributed by atoms with Crippen molar-refractivity contribution in [2.75, 3.05) is 13.1 Å². The number of nitrogens with zero attached hydrogens (tertiary/aromatic N) is 2. The lowest BCUT2D eigenvalue weighted by molar-refractivity contribution is -0.246. The fourth-order valence-corrected chi connectivity index (χ4v) is 9.30. The van der Waals surface area contributed by atoms with Crippen molar-refractivity contribution >= 4 is 35.8 Å². The van der Waals surface area contributed by atoms with Crippen molar-refractivity contribution in [3.8, 4) is 0 Å². The molecule has 2 aromatic carbocycles. The van der Waals surface area contributed by atoms with Crippen LogP contribution in [0, 0.1) is 17.8 Å². The van der Waals surface area contributed by atoms with Crippen molar-refractivity contribution in [1.29, 1.82) is 0 Å². The molecule has 0 aromatic heterocycles. The van der Waals surface area contributed by atoms with Gasteiger partial charge in [-0.05, 0) is 123 Å². The molecule has 2 heterocycles. The summed E-state index contributed by atoms with van der Waals surface area (Å²) in [5.74, 6) is -2.54. The molecule has 2 aliphatic heterocycles. The summed E-state index contributed by atoms with van der Waals surface area (Å²) in [5, 5.41) is 26.9. The number of alkyl carbamates (subject to hydrolysis) is 2. The van der Waals surface area contributed by atoms with Crippen molar-refractivity contribution in [2.45, 2.75) is 181 Å². The van der Waals surface area contributed by atoms with Crippen LogP contribution in [0.4, 0.5) is 9.59 Å². The number of nitrogens with one attached hydrogen (secondary N) is 5. The maximum Gasteiger partial charge on any atom is 0.408 e. The minimum absolute atomic E-state index is 0.0987. The molecule has 69 heavy (non-hydrogen) atoms. The summed E-state index contributed by atoms with van der Waals surface area (Å²) in [7, 11) is 0. The van der Waals surface area contributed by atoms with Crippen LogP contribution in [0.25, 0.3) is 0 Å². The van der Waals surface area contributed by atoms with Crippen LogP contribution < -0.4 is 26.6 Å². The van der Waals surface area contributed by atoms with E-state index in [0.717, 1.165) is 11.1 Å². The summed E-state index contributed by atoms with van der Waals surface area (Å²) in [6, 6.07) is 15.2. The van der Waals surface area contributed by atoms with Crippen LogP contribution in [0.3, 0.4) is 0 Å². The molecule has 2 fully saturated rings. The van der Waals surface area contributed by atoms with E-state index >= 15 is 0 Å². The van der Waals surface area contributed by atoms with E-state index < -0.39 is 82.6 Å². The largest absolute Gasteiger partial charge is 0.445 e. The van der Waals surface area contributed by atoms with Gasteiger partial charge in [0.1, 0.15) is 30.3 Å². The highest BCUT2D eigenvalue weighted by atomic mass is 16.6. The van der Waals surface area contributed by atoms with Crippen LogP contribution in [0.1, 0.15) is 132 Å². The highest BCUT2D eigenvalue weighted by molar-refractivity contribution is 5.95. The molecule has 382 valence electrons. The molecule has 0 bridgehead atoms. The zero-order chi connectivity index (χ0) is 51.1. The van der Waals surface area contributed by atoms with Gasteiger partial charge in [-0.3, -0.25) is 19.2 Å². The van der Waals surface area contributed by atoms with Crippen molar-refractivity contribution < 1.29 is 43.4 Å². The topological polar surface area (TPSA) is 208 Å². The van der Waals surface area contributed by atoms with Crippen molar-refractivity contribution in [2.24, 2.45) is 17.8 Å². The van der Waals surface area contributed by atoms with E-state index in [1.54, 1.807) is 39.5 Å². The molecule has 0 unspecified atom stereocenters. The minimum atomic E-state index is -1.05. The monoisotopic (exact) mass is 960 g/mol. The molecule has 0 aliphatic carbocycles. The van der Waals surface area contributed by atoms with Crippen LogP contribution in [-0.2, 0) is 41.7 Å². The Morgan fingerprint density at radius 1 is 0.812 bits per heavy atom. The number of rotatable bonds is 21. The number of hydroxylamine groups is 2. The van der Waals surface area contributed by atoms with Gasteiger partial charge < -0.3 is 46.2 Å². The Hall–Kier alpha value is -5.48. The molecule has 0 spiro atoms. The summed E-state index contributed by atoms with van der Waals surface area (Å²) < 4.78 is 10.9. The molecule has 16 heteroatoms. The van der Waals surface area contributed by atoms with Gasteiger partial charge in [0.25, 0.3) is 0 Å². The first-order valence-corrected chi connectivity index (χ1v) is 24.7. The van der Waals surface area contributed by atoms with E-state index in [4.69, 9.17) is 9.47 Å². The number of benzene rings is 2. The fraction of sp³-hybridized carbons (Fsp3) is 0.623. The summed E-state index contributed by atoms with van der Waals surface area (Å²) in [4.78, 5) is 84.3. The van der Waals surface area contributed by atoms with E-state index in [1.807, 2.05) is 114 Å². The van der Waals surface area contributed by atoms with Gasteiger partial charge in [0.15, 0.2) is 0 Å². The standard InChI is InChI=1S/C53H81N7O9/c1-35(2)30-40(56-50(66)69-51(5,6)7)27-26-39(31-37-20-14-12-15-21-37)48(64)59-29-19-25-43(59)46(62)58-44(36(3)4)47(63)57-42(24-18-28-54-49(65)68-34-38-22-16-13-17-23-38)45(61)55-41-32-52(8,9)60(67)53(10,11)33-41/h12-17,20-23,26-27,35-36,39-44,67H,18-19,24-25,28-34H2,1-11H3,(H,54,65)(H,55,61)(H,56,66)(H,57,63)(H,58,62)/b27-26+/t39-,40-,42-,43-,44+/m1/s1. The van der Waals surface area contributed by atoms with Gasteiger partial charge >= 0.3 is 12.2 Å². The summed E-state index contributed by atoms with van der Waals surface area (Å²) in [5.41, 5.74) is -0.199. The number of likely N-dealkylation sites (tertiary alicyclic amines) is 1. The minimum Gasteiger partial charge on any atom is -0.445 e. The molecule has 2 aromatic rings. The van der Waals surface area contributed by atoms with E-state index in [9.17, 15) is 34.0 Å². The number of amides is 6. The molecule has 4 rings (SSSR count). The Morgan fingerprint density at radius 3 is 2.00 bits per heavy atom. The Kier molecular flexibility index (Phi) is 20.7. The second-order valence-electron chi connectivity index (χ2n) is 21.7. The Balaban J connectivity index is 1.50. The quantitative estimate of drug-likeness (QED) is 0.0548. The smallest absolute Gasteiger partial charge is 0.408 e. The lowest BCUT2D eigenvalue weighted by Crippen LogP contribution is -2.64. The van der Waals surface area contributed by atoms with Crippen LogP contribution in [0.5, 0.6) is 0 Å². The molecule has 5 atom stereocenters. The first-order valence-electron chi connectivity index (χ1n) is 24.7. The third-order valence-electron chi connectivity index (χ3n) is 12.5. The molecule has 0 saturated carbocycles. The first-order chi connectivity index (χ1) is 32.3. The van der Waals surface area contributed by atoms with E-state index in [-0.39, 0.29) is 37.4 Å². The predicted molar refractivity (Wildman–Crippen MR) is 266 cm³/mol. The molecular weight excluding hydrogens is 879 g/mol. The number of ether oxygens (including phenoxy) is 2. The van der Waals surface area contributed by atoms with Gasteiger partial charge in [0.05, 0.1) is 12.0 Å². The molecule has 2 aliphatic rings. The average Bonchev–Trinajstić information content (AvgIpc) is 3.76. The third kappa shape index (κ3) is 18.1. The van der Waals surface area contributed by atoms with Gasteiger partial charge in [0.2, 0.25) is 23.6 Å². The van der Waals surface area contributed by atoms with Crippen molar-refractivity contribution in [3.05, 3.63) is 83.9 Å². The number of carbonyl (C=O) groups is 6. The molecule has 0 radical (unpaired) electrons. The predicted octanol–water partition coefficient (Wildman–Crippen LogP) is 7.19. The van der Waals surface area contributed by atoms with E-state index in [0.29, 0.717) is 51.5 Å². The van der Waals surface area contributed by atoms with Gasteiger partial charge in [-0.1, -0.05) is 101 Å². The zero-order valence-electron chi connectivity index (χ0n) is 42.9. The van der Waals surface area contributed by atoms with E-state index in [2.05, 4.69) is 26.6 Å². The molecule has 16 nitrogen and oxygen atoms in total. The number of hydrogen-bond acceptors (Lipinski definition) is 10. The SMILES string of the molecule is CC(C)C[C@@H](/C=C/[C@H](Cc1ccccc1)C(=O)N1CCC[C@@H]1C(=O)N[C@H](C(=O)N[C@H](CCCNC(=O)OCc1ccccc1)C(=O)NC1CC(C)(C)N(O)C(C)(C)C1)C(C)C)NC(=O)OC(C)(C)C. The highest BCUT2D eigenvalue weighted by Crippen LogP contribution is 2.36. The third-order valence-corrected chi connectivity index (χ3v) is 12.5. The number of hydrogen-bond donors (Lipinski definition) is 6. The van der Waals surface area contributed by atoms with Crippen LogP contribution in [-0.4, -0.2) is 111 Å².